The fraction of sp³-hybridized carbons (Fsp3) is 0.182. The molecule has 1 aliphatic heterocycles. The maximum atomic E-state index is 14.1. The van der Waals surface area contributed by atoms with Gasteiger partial charge in [-0.1, -0.05) is 35.9 Å². The Bertz CT molecular complexity index is 1280. The number of piperazine rings is 1. The molecule has 3 heterocycles. The minimum atomic E-state index is -0.219. The Kier molecular flexibility index (Phi) is 4.92. The van der Waals surface area contributed by atoms with E-state index in [0.29, 0.717) is 53.1 Å². The van der Waals surface area contributed by atoms with Crippen LogP contribution in [-0.2, 0) is 0 Å². The van der Waals surface area contributed by atoms with Crippen molar-refractivity contribution in [3.05, 3.63) is 75.1 Å². The minimum absolute atomic E-state index is 0.148. The highest BCUT2D eigenvalue weighted by Gasteiger charge is 2.22. The Hall–Kier alpha value is -2.90. The van der Waals surface area contributed by atoms with Gasteiger partial charge in [0.05, 0.1) is 11.2 Å². The highest BCUT2D eigenvalue weighted by atomic mass is 35.5. The average molecular weight is 441 g/mol. The summed E-state index contributed by atoms with van der Waals surface area (Å²) in [7, 11) is 0. The van der Waals surface area contributed by atoms with Crippen LogP contribution < -0.4 is 15.4 Å². The van der Waals surface area contributed by atoms with Crippen molar-refractivity contribution in [3.8, 4) is 11.1 Å². The third kappa shape index (κ3) is 3.44. The quantitative estimate of drug-likeness (QED) is 0.498. The van der Waals surface area contributed by atoms with Crippen molar-refractivity contribution in [2.24, 2.45) is 0 Å². The molecule has 1 aliphatic rings. The van der Waals surface area contributed by atoms with Gasteiger partial charge in [0.25, 0.3) is 5.56 Å². The molecular formula is C22H18ClFN4OS. The van der Waals surface area contributed by atoms with Gasteiger partial charge in [0, 0.05) is 42.1 Å². The Labute approximate surface area is 181 Å². The molecule has 0 spiro atoms. The highest BCUT2D eigenvalue weighted by Crippen LogP contribution is 2.33. The Morgan fingerprint density at radius 2 is 1.80 bits per heavy atom. The number of thiophene rings is 1. The lowest BCUT2D eigenvalue weighted by Gasteiger charge is -2.36. The number of rotatable bonds is 3. The van der Waals surface area contributed by atoms with E-state index in [-0.39, 0.29) is 11.4 Å². The van der Waals surface area contributed by atoms with Gasteiger partial charge in [0.1, 0.15) is 10.5 Å². The summed E-state index contributed by atoms with van der Waals surface area (Å²) in [5.74, 6) is 0.325. The van der Waals surface area contributed by atoms with Crippen molar-refractivity contribution in [2.45, 2.75) is 0 Å². The molecule has 0 bridgehead atoms. The number of para-hydroxylation sites is 1. The van der Waals surface area contributed by atoms with E-state index in [1.165, 1.54) is 17.4 Å². The fourth-order valence-corrected chi connectivity index (χ4v) is 4.89. The van der Waals surface area contributed by atoms with Crippen LogP contribution in [0.1, 0.15) is 0 Å². The van der Waals surface area contributed by atoms with Crippen molar-refractivity contribution in [2.75, 3.05) is 36.0 Å². The molecule has 5 rings (SSSR count). The fourth-order valence-electron chi connectivity index (χ4n) is 3.79. The molecule has 2 aromatic heterocycles. The van der Waals surface area contributed by atoms with E-state index in [0.717, 1.165) is 11.1 Å². The summed E-state index contributed by atoms with van der Waals surface area (Å²) >= 11 is 7.53. The van der Waals surface area contributed by atoms with Crippen LogP contribution in [-0.4, -0.2) is 36.1 Å². The van der Waals surface area contributed by atoms with Crippen molar-refractivity contribution in [1.29, 1.82) is 0 Å². The molecule has 1 fully saturated rings. The van der Waals surface area contributed by atoms with Crippen LogP contribution in [0.15, 0.2) is 58.7 Å². The van der Waals surface area contributed by atoms with Crippen molar-refractivity contribution < 1.29 is 4.39 Å². The topological polar surface area (TPSA) is 52.2 Å². The predicted octanol–water partition coefficient (Wildman–Crippen LogP) is 4.77. The first-order valence-corrected chi connectivity index (χ1v) is 10.9. The van der Waals surface area contributed by atoms with Gasteiger partial charge < -0.3 is 9.80 Å². The number of aromatic nitrogens is 2. The van der Waals surface area contributed by atoms with E-state index in [9.17, 15) is 9.18 Å². The summed E-state index contributed by atoms with van der Waals surface area (Å²) in [6.07, 6.45) is 0. The first kappa shape index (κ1) is 19.1. The molecule has 152 valence electrons. The summed E-state index contributed by atoms with van der Waals surface area (Å²) in [6.45, 7) is 2.57. The van der Waals surface area contributed by atoms with Gasteiger partial charge in [0.15, 0.2) is 0 Å². The van der Waals surface area contributed by atoms with Crippen LogP contribution in [0, 0.1) is 5.82 Å². The minimum Gasteiger partial charge on any atom is -0.366 e. The lowest BCUT2D eigenvalue weighted by Crippen LogP contribution is -2.47. The zero-order valence-corrected chi connectivity index (χ0v) is 17.5. The van der Waals surface area contributed by atoms with Gasteiger partial charge >= 0.3 is 0 Å². The van der Waals surface area contributed by atoms with E-state index in [1.807, 2.05) is 45.5 Å². The smallest absolute Gasteiger partial charge is 0.270 e. The molecule has 5 nitrogen and oxygen atoms in total. The van der Waals surface area contributed by atoms with Crippen LogP contribution in [0.25, 0.3) is 21.3 Å². The molecule has 0 saturated carbocycles. The second kappa shape index (κ2) is 7.74. The molecule has 0 atom stereocenters. The van der Waals surface area contributed by atoms with E-state index in [4.69, 9.17) is 16.6 Å². The van der Waals surface area contributed by atoms with Gasteiger partial charge in [-0.25, -0.2) is 9.37 Å². The van der Waals surface area contributed by atoms with E-state index < -0.39 is 0 Å². The Morgan fingerprint density at radius 3 is 2.57 bits per heavy atom. The largest absolute Gasteiger partial charge is 0.366 e. The standard InChI is InChI=1S/C22H18ClFN4OS/c23-15-5-3-4-14(12-15)16-13-30-20-19(16)25-22(26-21(20)29)28-10-8-27(9-11-28)18-7-2-1-6-17(18)24/h1-7,12-13H,8-11H2,(H,25,26,29). The number of nitrogens with zero attached hydrogens (tertiary/aromatic N) is 3. The molecule has 30 heavy (non-hydrogen) atoms. The maximum Gasteiger partial charge on any atom is 0.270 e. The van der Waals surface area contributed by atoms with Crippen LogP contribution in [0.5, 0.6) is 0 Å². The van der Waals surface area contributed by atoms with E-state index in [2.05, 4.69) is 4.98 Å². The lowest BCUT2D eigenvalue weighted by molar-refractivity contribution is 0.594. The molecule has 1 saturated heterocycles. The molecule has 4 aromatic rings. The van der Waals surface area contributed by atoms with Gasteiger partial charge in [-0.15, -0.1) is 11.3 Å². The monoisotopic (exact) mass is 440 g/mol. The second-order valence-electron chi connectivity index (χ2n) is 7.15. The van der Waals surface area contributed by atoms with Crippen LogP contribution in [0.4, 0.5) is 16.0 Å². The molecule has 8 heteroatoms. The molecule has 0 unspecified atom stereocenters. The molecule has 2 aromatic carbocycles. The SMILES string of the molecule is O=c1[nH]c(N2CCN(c3ccccc3F)CC2)nc2c(-c3cccc(Cl)c3)csc12. The summed E-state index contributed by atoms with van der Waals surface area (Å²) in [4.78, 5) is 24.4. The lowest BCUT2D eigenvalue weighted by atomic mass is 10.1. The van der Waals surface area contributed by atoms with Crippen LogP contribution in [0.3, 0.4) is 0 Å². The van der Waals surface area contributed by atoms with Crippen LogP contribution in [0.2, 0.25) is 5.02 Å². The normalized spacial score (nSPS) is 14.5. The second-order valence-corrected chi connectivity index (χ2v) is 8.47. The molecule has 1 N–H and O–H groups in total. The number of halogens is 2. The van der Waals surface area contributed by atoms with Crippen molar-refractivity contribution in [3.63, 3.8) is 0 Å². The summed E-state index contributed by atoms with van der Waals surface area (Å²) < 4.78 is 14.7. The van der Waals surface area contributed by atoms with E-state index >= 15 is 0 Å². The molecule has 0 radical (unpaired) electrons. The maximum absolute atomic E-state index is 14.1. The predicted molar refractivity (Wildman–Crippen MR) is 122 cm³/mol. The third-order valence-corrected chi connectivity index (χ3v) is 6.53. The van der Waals surface area contributed by atoms with Gasteiger partial charge in [-0.2, -0.15) is 0 Å². The highest BCUT2D eigenvalue weighted by molar-refractivity contribution is 7.17. The number of H-pyrrole nitrogens is 1. The van der Waals surface area contributed by atoms with Gasteiger partial charge in [-0.3, -0.25) is 9.78 Å². The third-order valence-electron chi connectivity index (χ3n) is 5.32. The Morgan fingerprint density at radius 1 is 1.03 bits per heavy atom. The zero-order valence-electron chi connectivity index (χ0n) is 15.9. The first-order chi connectivity index (χ1) is 14.6. The van der Waals surface area contributed by atoms with Crippen LogP contribution >= 0.6 is 22.9 Å². The number of hydrogen-bond donors (Lipinski definition) is 1. The molecule has 0 amide bonds. The average Bonchev–Trinajstić information content (AvgIpc) is 3.19. The van der Waals surface area contributed by atoms with E-state index in [1.54, 1.807) is 12.1 Å². The van der Waals surface area contributed by atoms with Gasteiger partial charge in [-0.05, 0) is 29.8 Å². The Balaban J connectivity index is 1.45. The number of hydrogen-bond acceptors (Lipinski definition) is 5. The number of nitrogens with one attached hydrogen (secondary N) is 1. The summed E-state index contributed by atoms with van der Waals surface area (Å²) in [6, 6.07) is 14.3. The molecular weight excluding hydrogens is 423 g/mol. The number of anilines is 2. The molecule has 0 aliphatic carbocycles. The number of aromatic amines is 1. The van der Waals surface area contributed by atoms with Gasteiger partial charge in [0.2, 0.25) is 5.95 Å². The number of benzene rings is 2. The summed E-state index contributed by atoms with van der Waals surface area (Å²) in [5.41, 5.74) is 2.97. The summed E-state index contributed by atoms with van der Waals surface area (Å²) in [5, 5.41) is 2.58. The zero-order chi connectivity index (χ0) is 20.7. The number of fused-ring (bicyclic) bond motifs is 1. The van der Waals surface area contributed by atoms with Crippen molar-refractivity contribution in [1.82, 2.24) is 9.97 Å². The first-order valence-electron chi connectivity index (χ1n) is 9.62. The van der Waals surface area contributed by atoms with Crippen molar-refractivity contribution >= 4 is 44.8 Å².